The van der Waals surface area contributed by atoms with Crippen molar-refractivity contribution in [2.75, 3.05) is 0 Å². The van der Waals surface area contributed by atoms with E-state index < -0.39 is 24.0 Å². The summed E-state index contributed by atoms with van der Waals surface area (Å²) in [7, 11) is 0. The molecule has 0 saturated carbocycles. The molecule has 1 aliphatic rings. The fourth-order valence-electron chi connectivity index (χ4n) is 2.52. The number of hydrogen-bond donors (Lipinski definition) is 0. The number of rotatable bonds is 1. The predicted octanol–water partition coefficient (Wildman–Crippen LogP) is 4.11. The molecule has 0 aliphatic carbocycles. The molecular weight excluding hydrogens is 281 g/mol. The molecule has 0 bridgehead atoms. The van der Waals surface area contributed by atoms with E-state index in [0.29, 0.717) is 0 Å². The largest absolute Gasteiger partial charge is 0.472 e. The molecule has 108 valence electrons. The van der Waals surface area contributed by atoms with Gasteiger partial charge in [-0.1, -0.05) is 42.5 Å². The highest BCUT2D eigenvalue weighted by Crippen LogP contribution is 2.49. The van der Waals surface area contributed by atoms with Gasteiger partial charge in [-0.05, 0) is 12.1 Å². The molecule has 2 aromatic rings. The van der Waals surface area contributed by atoms with Crippen LogP contribution in [0.5, 0.6) is 5.75 Å². The van der Waals surface area contributed by atoms with E-state index in [4.69, 9.17) is 4.74 Å². The topological polar surface area (TPSA) is 26.3 Å². The van der Waals surface area contributed by atoms with Gasteiger partial charge in [-0.15, -0.1) is 0 Å². The number of halogens is 3. The van der Waals surface area contributed by atoms with Crippen LogP contribution < -0.4 is 4.74 Å². The monoisotopic (exact) mass is 292 g/mol. The Kier molecular flexibility index (Phi) is 3.01. The quantitative estimate of drug-likeness (QED) is 0.790. The van der Waals surface area contributed by atoms with Crippen LogP contribution in [0, 0.1) is 0 Å². The zero-order chi connectivity index (χ0) is 15.1. The van der Waals surface area contributed by atoms with Crippen molar-refractivity contribution < 1.29 is 22.7 Å². The molecule has 5 heteroatoms. The van der Waals surface area contributed by atoms with Gasteiger partial charge in [0.05, 0.1) is 12.0 Å². The second-order valence-electron chi connectivity index (χ2n) is 4.89. The molecule has 0 amide bonds. The Hall–Kier alpha value is -2.30. The number of alkyl halides is 3. The zero-order valence-electron chi connectivity index (χ0n) is 10.9. The van der Waals surface area contributed by atoms with E-state index in [1.54, 1.807) is 18.2 Å². The Balaban J connectivity index is 2.19. The van der Waals surface area contributed by atoms with Crippen LogP contribution in [0.2, 0.25) is 0 Å². The van der Waals surface area contributed by atoms with E-state index in [2.05, 4.69) is 0 Å². The summed E-state index contributed by atoms with van der Waals surface area (Å²) < 4.78 is 46.3. The van der Waals surface area contributed by atoms with Gasteiger partial charge in [-0.2, -0.15) is 13.2 Å². The number of Topliss-reactive ketones (excluding diaryl/α,β-unsaturated/α-hetero) is 1. The third-order valence-corrected chi connectivity index (χ3v) is 3.58. The summed E-state index contributed by atoms with van der Waals surface area (Å²) in [5.74, 6) is -0.604. The van der Waals surface area contributed by atoms with Crippen LogP contribution in [-0.4, -0.2) is 12.0 Å². The third kappa shape index (κ3) is 2.09. The van der Waals surface area contributed by atoms with E-state index in [-0.39, 0.29) is 16.9 Å². The molecule has 0 spiro atoms. The number of ketones is 1. The molecule has 2 nitrogen and oxygen atoms in total. The van der Waals surface area contributed by atoms with Crippen LogP contribution in [0.15, 0.2) is 54.6 Å². The summed E-state index contributed by atoms with van der Waals surface area (Å²) in [6.45, 7) is 0. The second-order valence-corrected chi connectivity index (χ2v) is 4.89. The summed E-state index contributed by atoms with van der Waals surface area (Å²) in [5.41, 5.74) is -2.51. The molecule has 2 aromatic carbocycles. The van der Waals surface area contributed by atoms with Crippen molar-refractivity contribution in [3.63, 3.8) is 0 Å². The maximum atomic E-state index is 13.7. The lowest BCUT2D eigenvalue weighted by atomic mass is 9.83. The number of fused-ring (bicyclic) bond motifs is 1. The minimum absolute atomic E-state index is 0.0325. The highest BCUT2D eigenvalue weighted by atomic mass is 19.4. The summed E-state index contributed by atoms with van der Waals surface area (Å²) >= 11 is 0. The van der Waals surface area contributed by atoms with Gasteiger partial charge in [-0.25, -0.2) is 0 Å². The average molecular weight is 292 g/mol. The van der Waals surface area contributed by atoms with Crippen LogP contribution in [0.25, 0.3) is 0 Å². The van der Waals surface area contributed by atoms with E-state index in [1.807, 2.05) is 0 Å². The molecule has 3 rings (SSSR count). The highest BCUT2D eigenvalue weighted by molar-refractivity contribution is 6.00. The lowest BCUT2D eigenvalue weighted by molar-refractivity contribution is -0.255. The van der Waals surface area contributed by atoms with Crippen LogP contribution in [-0.2, 0) is 5.60 Å². The van der Waals surface area contributed by atoms with Gasteiger partial charge in [0.2, 0.25) is 5.60 Å². The van der Waals surface area contributed by atoms with Crippen molar-refractivity contribution in [1.29, 1.82) is 0 Å². The second kappa shape index (κ2) is 4.62. The molecule has 0 aromatic heterocycles. The normalized spacial score (nSPS) is 21.6. The Bertz CT molecular complexity index is 679. The lowest BCUT2D eigenvalue weighted by Crippen LogP contribution is -2.51. The summed E-state index contributed by atoms with van der Waals surface area (Å²) in [6, 6.07) is 13.3. The minimum atomic E-state index is -4.70. The first-order valence-electron chi connectivity index (χ1n) is 6.37. The molecule has 1 atom stereocenters. The van der Waals surface area contributed by atoms with Crippen LogP contribution in [0.4, 0.5) is 13.2 Å². The molecule has 0 radical (unpaired) electrons. The first-order valence-corrected chi connectivity index (χ1v) is 6.37. The van der Waals surface area contributed by atoms with Gasteiger partial charge in [0.1, 0.15) is 5.75 Å². The molecule has 0 fully saturated rings. The number of hydrogen-bond acceptors (Lipinski definition) is 2. The van der Waals surface area contributed by atoms with Crippen molar-refractivity contribution >= 4 is 5.78 Å². The van der Waals surface area contributed by atoms with E-state index >= 15 is 0 Å². The summed E-state index contributed by atoms with van der Waals surface area (Å²) in [6.07, 6.45) is -5.45. The maximum absolute atomic E-state index is 13.7. The fourth-order valence-corrected chi connectivity index (χ4v) is 2.52. The summed E-state index contributed by atoms with van der Waals surface area (Å²) in [5, 5.41) is 0. The SMILES string of the molecule is O=C1CC(c2ccccc2)(C(F)(F)F)Oc2ccccc21. The fraction of sp³-hybridized carbons (Fsp3) is 0.188. The Labute approximate surface area is 119 Å². The molecular formula is C16H11F3O2. The zero-order valence-corrected chi connectivity index (χ0v) is 10.9. The number of carbonyl (C=O) groups is 1. The van der Waals surface area contributed by atoms with Crippen molar-refractivity contribution in [2.24, 2.45) is 0 Å². The lowest BCUT2D eigenvalue weighted by Gasteiger charge is -2.39. The van der Waals surface area contributed by atoms with Crippen LogP contribution in [0.3, 0.4) is 0 Å². The van der Waals surface area contributed by atoms with Crippen molar-refractivity contribution in [3.05, 3.63) is 65.7 Å². The highest BCUT2D eigenvalue weighted by Gasteiger charge is 2.61. The van der Waals surface area contributed by atoms with E-state index in [9.17, 15) is 18.0 Å². The van der Waals surface area contributed by atoms with Crippen molar-refractivity contribution in [2.45, 2.75) is 18.2 Å². The smallest absolute Gasteiger partial charge is 0.433 e. The van der Waals surface area contributed by atoms with Gasteiger partial charge in [0, 0.05) is 5.56 Å². The Morgan fingerprint density at radius 3 is 2.24 bits per heavy atom. The van der Waals surface area contributed by atoms with Gasteiger partial charge < -0.3 is 4.74 Å². The first-order chi connectivity index (χ1) is 9.94. The number of para-hydroxylation sites is 1. The maximum Gasteiger partial charge on any atom is 0.433 e. The molecule has 1 heterocycles. The third-order valence-electron chi connectivity index (χ3n) is 3.58. The van der Waals surface area contributed by atoms with Gasteiger partial charge in [0.25, 0.3) is 0 Å². The number of benzene rings is 2. The average Bonchev–Trinajstić information content (AvgIpc) is 2.47. The number of ether oxygens (including phenoxy) is 1. The Morgan fingerprint density at radius 1 is 0.952 bits per heavy atom. The molecule has 0 saturated heterocycles. The standard InChI is InChI=1S/C16H11F3O2/c17-16(18,19)15(11-6-2-1-3-7-11)10-13(20)12-8-4-5-9-14(12)21-15/h1-9H,10H2. The van der Waals surface area contributed by atoms with Crippen molar-refractivity contribution in [1.82, 2.24) is 0 Å². The van der Waals surface area contributed by atoms with Gasteiger partial charge in [0.15, 0.2) is 5.78 Å². The minimum Gasteiger partial charge on any atom is -0.472 e. The predicted molar refractivity (Wildman–Crippen MR) is 70.2 cm³/mol. The first kappa shape index (κ1) is 13.7. The van der Waals surface area contributed by atoms with Crippen LogP contribution >= 0.6 is 0 Å². The molecule has 21 heavy (non-hydrogen) atoms. The molecule has 0 N–H and O–H groups in total. The summed E-state index contributed by atoms with van der Waals surface area (Å²) in [4.78, 5) is 12.1. The molecule has 1 unspecified atom stereocenters. The van der Waals surface area contributed by atoms with Gasteiger partial charge >= 0.3 is 6.18 Å². The van der Waals surface area contributed by atoms with E-state index in [1.165, 1.54) is 36.4 Å². The van der Waals surface area contributed by atoms with Crippen LogP contribution in [0.1, 0.15) is 22.3 Å². The molecule has 1 aliphatic heterocycles. The van der Waals surface area contributed by atoms with Gasteiger partial charge in [-0.3, -0.25) is 4.79 Å². The Morgan fingerprint density at radius 2 is 1.57 bits per heavy atom. The van der Waals surface area contributed by atoms with Crippen molar-refractivity contribution in [3.8, 4) is 5.75 Å². The van der Waals surface area contributed by atoms with E-state index in [0.717, 1.165) is 0 Å². The number of carbonyl (C=O) groups excluding carboxylic acids is 1.